The summed E-state index contributed by atoms with van der Waals surface area (Å²) in [6.07, 6.45) is 1.24. The predicted octanol–water partition coefficient (Wildman–Crippen LogP) is 1.22. The molecule has 0 aliphatic heterocycles. The number of hydrogen-bond acceptors (Lipinski definition) is 5. The van der Waals surface area contributed by atoms with Gasteiger partial charge in [-0.3, -0.25) is 9.69 Å². The van der Waals surface area contributed by atoms with E-state index in [0.29, 0.717) is 25.1 Å². The lowest BCUT2D eigenvalue weighted by Gasteiger charge is -2.42. The Hall–Kier alpha value is -1.64. The number of sulfonamides is 1. The molecule has 1 aromatic carbocycles. The zero-order chi connectivity index (χ0) is 17.9. The van der Waals surface area contributed by atoms with Crippen LogP contribution in [0.3, 0.4) is 0 Å². The van der Waals surface area contributed by atoms with E-state index in [1.165, 1.54) is 6.07 Å². The van der Waals surface area contributed by atoms with Gasteiger partial charge in [-0.2, -0.15) is 0 Å². The number of likely N-dealkylation sites (N-methyl/N-ethyl adjacent to an activating group) is 1. The third kappa shape index (κ3) is 4.25. The fraction of sp³-hybridized carbons (Fsp3) is 0.562. The van der Waals surface area contributed by atoms with Crippen molar-refractivity contribution in [3.63, 3.8) is 0 Å². The zero-order valence-electron chi connectivity index (χ0n) is 14.2. The van der Waals surface area contributed by atoms with Crippen LogP contribution >= 0.6 is 0 Å². The van der Waals surface area contributed by atoms with Crippen molar-refractivity contribution >= 4 is 16.0 Å². The Morgan fingerprint density at radius 1 is 1.42 bits per heavy atom. The molecule has 0 bridgehead atoms. The fourth-order valence-corrected chi connectivity index (χ4v) is 4.31. The van der Waals surface area contributed by atoms with E-state index in [2.05, 4.69) is 4.72 Å². The molecule has 0 aromatic heterocycles. The van der Waals surface area contributed by atoms with Gasteiger partial charge in [-0.05, 0) is 50.1 Å². The summed E-state index contributed by atoms with van der Waals surface area (Å²) in [6, 6.07) is 4.69. The Balaban J connectivity index is 1.97. The van der Waals surface area contributed by atoms with Crippen molar-refractivity contribution in [3.05, 3.63) is 23.8 Å². The van der Waals surface area contributed by atoms with Crippen molar-refractivity contribution in [2.24, 2.45) is 0 Å². The topological polar surface area (TPSA) is 95.9 Å². The van der Waals surface area contributed by atoms with E-state index in [-0.39, 0.29) is 23.5 Å². The second kappa shape index (κ2) is 7.50. The molecule has 0 amide bonds. The van der Waals surface area contributed by atoms with E-state index in [0.717, 1.165) is 5.56 Å². The zero-order valence-corrected chi connectivity index (χ0v) is 15.0. The third-order valence-corrected chi connectivity index (χ3v) is 5.89. The van der Waals surface area contributed by atoms with Crippen LogP contribution in [-0.2, 0) is 14.8 Å². The lowest BCUT2D eigenvalue weighted by Crippen LogP contribution is -2.54. The highest BCUT2D eigenvalue weighted by molar-refractivity contribution is 7.89. The highest BCUT2D eigenvalue weighted by atomic mass is 32.2. The van der Waals surface area contributed by atoms with Crippen LogP contribution in [0.4, 0.5) is 0 Å². The summed E-state index contributed by atoms with van der Waals surface area (Å²) >= 11 is 0. The molecule has 24 heavy (non-hydrogen) atoms. The van der Waals surface area contributed by atoms with Crippen molar-refractivity contribution in [2.45, 2.75) is 43.7 Å². The first-order chi connectivity index (χ1) is 11.3. The number of nitrogens with one attached hydrogen (secondary N) is 1. The molecular weight excluding hydrogens is 332 g/mol. The van der Waals surface area contributed by atoms with Gasteiger partial charge >= 0.3 is 5.97 Å². The van der Waals surface area contributed by atoms with Gasteiger partial charge in [-0.25, -0.2) is 13.1 Å². The number of ether oxygens (including phenoxy) is 1. The average Bonchev–Trinajstić information content (AvgIpc) is 2.48. The van der Waals surface area contributed by atoms with Crippen LogP contribution in [0.15, 0.2) is 23.1 Å². The van der Waals surface area contributed by atoms with Gasteiger partial charge in [0.2, 0.25) is 10.0 Å². The number of aryl methyl sites for hydroxylation is 1. The van der Waals surface area contributed by atoms with Gasteiger partial charge in [-0.1, -0.05) is 6.92 Å². The van der Waals surface area contributed by atoms with E-state index < -0.39 is 16.0 Å². The molecule has 0 spiro atoms. The summed E-state index contributed by atoms with van der Waals surface area (Å²) in [7, 11) is -2.05. The highest BCUT2D eigenvalue weighted by Gasteiger charge is 2.36. The summed E-state index contributed by atoms with van der Waals surface area (Å²) in [5, 5.41) is 8.89. The molecule has 2 N–H and O–H groups in total. The van der Waals surface area contributed by atoms with Gasteiger partial charge < -0.3 is 9.84 Å². The number of carboxylic acid groups (broad SMARTS) is 1. The maximum Gasteiger partial charge on any atom is 0.317 e. The van der Waals surface area contributed by atoms with Crippen molar-refractivity contribution in [1.82, 2.24) is 9.62 Å². The van der Waals surface area contributed by atoms with E-state index in [1.807, 2.05) is 11.8 Å². The van der Waals surface area contributed by atoms with Crippen molar-refractivity contribution < 1.29 is 23.1 Å². The molecule has 1 aromatic rings. The molecule has 1 fully saturated rings. The van der Waals surface area contributed by atoms with E-state index in [9.17, 15) is 13.2 Å². The van der Waals surface area contributed by atoms with Gasteiger partial charge in [0.15, 0.2) is 0 Å². The number of rotatable bonds is 8. The van der Waals surface area contributed by atoms with E-state index >= 15 is 0 Å². The first kappa shape index (κ1) is 18.7. The Labute approximate surface area is 142 Å². The minimum absolute atomic E-state index is 0.0156. The van der Waals surface area contributed by atoms with Crippen LogP contribution in [0.5, 0.6) is 5.75 Å². The largest absolute Gasteiger partial charge is 0.496 e. The molecule has 0 radical (unpaired) electrons. The molecule has 134 valence electrons. The Kier molecular flexibility index (Phi) is 5.84. The van der Waals surface area contributed by atoms with Crippen LogP contribution in [0.1, 0.15) is 25.3 Å². The number of methoxy groups -OCH3 is 1. The van der Waals surface area contributed by atoms with E-state index in [1.54, 1.807) is 26.2 Å². The van der Waals surface area contributed by atoms with E-state index in [4.69, 9.17) is 9.84 Å². The number of nitrogens with zero attached hydrogens (tertiary/aromatic N) is 1. The van der Waals surface area contributed by atoms with Crippen LogP contribution in [0.25, 0.3) is 0 Å². The van der Waals surface area contributed by atoms with Crippen LogP contribution in [0, 0.1) is 6.92 Å². The summed E-state index contributed by atoms with van der Waals surface area (Å²) in [4.78, 5) is 12.9. The van der Waals surface area contributed by atoms with Crippen LogP contribution in [0.2, 0.25) is 0 Å². The Bertz CT molecular complexity index is 698. The molecule has 0 heterocycles. The molecule has 1 aliphatic carbocycles. The van der Waals surface area contributed by atoms with Crippen molar-refractivity contribution in [1.29, 1.82) is 0 Å². The number of hydrogen-bond donors (Lipinski definition) is 2. The van der Waals surface area contributed by atoms with Crippen LogP contribution in [-0.4, -0.2) is 56.7 Å². The maximum absolute atomic E-state index is 12.5. The number of carboxylic acids is 1. The molecule has 2 rings (SSSR count). The third-order valence-electron chi connectivity index (χ3n) is 4.37. The molecule has 1 aliphatic rings. The number of carbonyl (C=O) groups is 1. The van der Waals surface area contributed by atoms with Gasteiger partial charge in [0.05, 0.1) is 18.6 Å². The lowest BCUT2D eigenvalue weighted by atomic mass is 9.86. The predicted molar refractivity (Wildman–Crippen MR) is 89.7 cm³/mol. The van der Waals surface area contributed by atoms with Gasteiger partial charge in [0, 0.05) is 12.1 Å². The summed E-state index contributed by atoms with van der Waals surface area (Å²) in [5.41, 5.74) is 0.755. The van der Waals surface area contributed by atoms with Gasteiger partial charge in [0.25, 0.3) is 0 Å². The molecule has 7 nitrogen and oxygen atoms in total. The normalized spacial score (nSPS) is 20.7. The number of benzene rings is 1. The molecule has 0 unspecified atom stereocenters. The molecule has 1 saturated carbocycles. The van der Waals surface area contributed by atoms with Gasteiger partial charge in [-0.15, -0.1) is 0 Å². The summed E-state index contributed by atoms with van der Waals surface area (Å²) in [5.74, 6) is -0.223. The van der Waals surface area contributed by atoms with Crippen LogP contribution < -0.4 is 9.46 Å². The van der Waals surface area contributed by atoms with Gasteiger partial charge in [0.1, 0.15) is 5.75 Å². The lowest BCUT2D eigenvalue weighted by molar-refractivity contribution is -0.139. The minimum atomic E-state index is -3.59. The highest BCUT2D eigenvalue weighted by Crippen LogP contribution is 2.28. The van der Waals surface area contributed by atoms with Crippen molar-refractivity contribution in [3.8, 4) is 5.75 Å². The smallest absolute Gasteiger partial charge is 0.317 e. The first-order valence-electron chi connectivity index (χ1n) is 7.89. The first-order valence-corrected chi connectivity index (χ1v) is 9.38. The summed E-state index contributed by atoms with van der Waals surface area (Å²) < 4.78 is 32.7. The maximum atomic E-state index is 12.5. The SMILES string of the molecule is CCN(CC(=O)O)C1CC(NS(=O)(=O)c2ccc(OC)c(C)c2)C1. The average molecular weight is 356 g/mol. The Morgan fingerprint density at radius 3 is 2.58 bits per heavy atom. The minimum Gasteiger partial charge on any atom is -0.496 e. The Morgan fingerprint density at radius 2 is 2.08 bits per heavy atom. The number of aliphatic carboxylic acids is 1. The monoisotopic (exact) mass is 356 g/mol. The van der Waals surface area contributed by atoms with Crippen molar-refractivity contribution in [2.75, 3.05) is 20.2 Å². The fourth-order valence-electron chi connectivity index (χ4n) is 2.96. The quantitative estimate of drug-likeness (QED) is 0.727. The standard InChI is InChI=1S/C16H24N2O5S/c1-4-18(10-16(19)20)13-8-12(9-13)17-24(21,22)14-5-6-15(23-3)11(2)7-14/h5-7,12-13,17H,4,8-10H2,1-3H3,(H,19,20). The summed E-state index contributed by atoms with van der Waals surface area (Å²) in [6.45, 7) is 4.31. The molecular formula is C16H24N2O5S. The molecule has 0 atom stereocenters. The molecule has 0 saturated heterocycles. The second-order valence-corrected chi connectivity index (χ2v) is 7.75. The molecule has 8 heteroatoms. The second-order valence-electron chi connectivity index (χ2n) is 6.03.